The zero-order chi connectivity index (χ0) is 15.2. The number of carboxylic acid groups (broad SMARTS) is 1. The number of pyridine rings is 1. The van der Waals surface area contributed by atoms with E-state index in [1.165, 1.54) is 6.07 Å². The summed E-state index contributed by atoms with van der Waals surface area (Å²) in [5.41, 5.74) is 1.36. The van der Waals surface area contributed by atoms with E-state index in [0.717, 1.165) is 6.42 Å². The summed E-state index contributed by atoms with van der Waals surface area (Å²) in [6.45, 7) is 2.00. The van der Waals surface area contributed by atoms with Gasteiger partial charge in [-0.3, -0.25) is 0 Å². The van der Waals surface area contributed by atoms with E-state index in [1.54, 1.807) is 30.3 Å². The van der Waals surface area contributed by atoms with Crippen LogP contribution in [0.1, 0.15) is 35.0 Å². The van der Waals surface area contributed by atoms with E-state index in [0.29, 0.717) is 23.4 Å². The van der Waals surface area contributed by atoms with Gasteiger partial charge in [0, 0.05) is 11.8 Å². The van der Waals surface area contributed by atoms with Crippen LogP contribution in [-0.2, 0) is 6.42 Å². The zero-order valence-corrected chi connectivity index (χ0v) is 11.5. The van der Waals surface area contributed by atoms with Gasteiger partial charge in [0.2, 0.25) is 5.88 Å². The SMILES string of the molecule is CCCc1cc(C(=O)O)cc(Oc2ccc(C#N)cc2)n1. The smallest absolute Gasteiger partial charge is 0.335 e. The number of hydrogen-bond donors (Lipinski definition) is 1. The van der Waals surface area contributed by atoms with Crippen molar-refractivity contribution in [3.05, 3.63) is 53.2 Å². The number of ether oxygens (including phenoxy) is 1. The van der Waals surface area contributed by atoms with Gasteiger partial charge in [-0.2, -0.15) is 5.26 Å². The molecule has 0 saturated heterocycles. The molecule has 0 amide bonds. The fourth-order valence-corrected chi connectivity index (χ4v) is 1.84. The highest BCUT2D eigenvalue weighted by atomic mass is 16.5. The minimum absolute atomic E-state index is 0.150. The molecule has 5 heteroatoms. The van der Waals surface area contributed by atoms with Crippen LogP contribution in [0.25, 0.3) is 0 Å². The van der Waals surface area contributed by atoms with Crippen molar-refractivity contribution in [2.45, 2.75) is 19.8 Å². The highest BCUT2D eigenvalue weighted by molar-refractivity contribution is 5.88. The average molecular weight is 282 g/mol. The number of rotatable bonds is 5. The second-order valence-electron chi connectivity index (χ2n) is 4.48. The molecule has 21 heavy (non-hydrogen) atoms. The summed E-state index contributed by atoms with van der Waals surface area (Å²) in [7, 11) is 0. The standard InChI is InChI=1S/C16H14N2O3/c1-2-3-13-8-12(16(19)20)9-15(18-13)21-14-6-4-11(10-17)5-7-14/h4-9H,2-3H2,1H3,(H,19,20). The van der Waals surface area contributed by atoms with Crippen molar-refractivity contribution in [2.24, 2.45) is 0 Å². The Bertz CT molecular complexity index is 688. The van der Waals surface area contributed by atoms with Crippen LogP contribution in [-0.4, -0.2) is 16.1 Å². The summed E-state index contributed by atoms with van der Waals surface area (Å²) in [5, 5.41) is 17.9. The molecule has 2 aromatic rings. The molecule has 0 aliphatic carbocycles. The minimum atomic E-state index is -1.01. The molecule has 0 bridgehead atoms. The molecule has 0 aliphatic heterocycles. The van der Waals surface area contributed by atoms with Crippen LogP contribution < -0.4 is 4.74 Å². The maximum absolute atomic E-state index is 11.1. The van der Waals surface area contributed by atoms with Crippen molar-refractivity contribution in [1.82, 2.24) is 4.98 Å². The lowest BCUT2D eigenvalue weighted by Crippen LogP contribution is -2.02. The van der Waals surface area contributed by atoms with Gasteiger partial charge in [0.15, 0.2) is 0 Å². The molecule has 1 aromatic carbocycles. The molecule has 2 rings (SSSR count). The van der Waals surface area contributed by atoms with Crippen molar-refractivity contribution in [3.63, 3.8) is 0 Å². The van der Waals surface area contributed by atoms with Crippen LogP contribution in [0.3, 0.4) is 0 Å². The van der Waals surface area contributed by atoms with E-state index in [-0.39, 0.29) is 11.4 Å². The van der Waals surface area contributed by atoms with Gasteiger partial charge >= 0.3 is 5.97 Å². The van der Waals surface area contributed by atoms with Gasteiger partial charge < -0.3 is 9.84 Å². The quantitative estimate of drug-likeness (QED) is 0.908. The lowest BCUT2D eigenvalue weighted by atomic mass is 10.1. The summed E-state index contributed by atoms with van der Waals surface area (Å²) in [6, 6.07) is 11.5. The molecule has 5 nitrogen and oxygen atoms in total. The maximum Gasteiger partial charge on any atom is 0.335 e. The van der Waals surface area contributed by atoms with Gasteiger partial charge in [-0.15, -0.1) is 0 Å². The van der Waals surface area contributed by atoms with E-state index < -0.39 is 5.97 Å². The Hall–Kier alpha value is -2.87. The lowest BCUT2D eigenvalue weighted by Gasteiger charge is -2.08. The summed E-state index contributed by atoms with van der Waals surface area (Å²) in [6.07, 6.45) is 1.55. The van der Waals surface area contributed by atoms with Crippen LogP contribution in [0.4, 0.5) is 0 Å². The third kappa shape index (κ3) is 3.80. The van der Waals surface area contributed by atoms with Crippen LogP contribution in [0.15, 0.2) is 36.4 Å². The molecular formula is C16H14N2O3. The van der Waals surface area contributed by atoms with Crippen molar-refractivity contribution in [2.75, 3.05) is 0 Å². The normalized spacial score (nSPS) is 9.90. The Morgan fingerprint density at radius 1 is 1.33 bits per heavy atom. The first kappa shape index (κ1) is 14.5. The summed E-state index contributed by atoms with van der Waals surface area (Å²) in [5.74, 6) is -0.269. The monoisotopic (exact) mass is 282 g/mol. The Morgan fingerprint density at radius 2 is 2.05 bits per heavy atom. The summed E-state index contributed by atoms with van der Waals surface area (Å²) >= 11 is 0. The first-order chi connectivity index (χ1) is 10.1. The molecular weight excluding hydrogens is 268 g/mol. The highest BCUT2D eigenvalue weighted by Gasteiger charge is 2.10. The molecule has 106 valence electrons. The minimum Gasteiger partial charge on any atom is -0.478 e. The van der Waals surface area contributed by atoms with Crippen molar-refractivity contribution >= 4 is 5.97 Å². The molecule has 0 unspecified atom stereocenters. The van der Waals surface area contributed by atoms with Crippen molar-refractivity contribution in [3.8, 4) is 17.7 Å². The number of nitrogens with zero attached hydrogens (tertiary/aromatic N) is 2. The number of hydrogen-bond acceptors (Lipinski definition) is 4. The fourth-order valence-electron chi connectivity index (χ4n) is 1.84. The number of aryl methyl sites for hydroxylation is 1. The number of carboxylic acids is 1. The molecule has 0 fully saturated rings. The molecule has 0 atom stereocenters. The summed E-state index contributed by atoms with van der Waals surface area (Å²) < 4.78 is 5.57. The first-order valence-corrected chi connectivity index (χ1v) is 6.54. The highest BCUT2D eigenvalue weighted by Crippen LogP contribution is 2.22. The number of aromatic carboxylic acids is 1. The zero-order valence-electron chi connectivity index (χ0n) is 11.5. The summed E-state index contributed by atoms with van der Waals surface area (Å²) in [4.78, 5) is 15.4. The van der Waals surface area contributed by atoms with Crippen molar-refractivity contribution < 1.29 is 14.6 Å². The fraction of sp³-hybridized carbons (Fsp3) is 0.188. The average Bonchev–Trinajstić information content (AvgIpc) is 2.48. The van der Waals surface area contributed by atoms with E-state index in [4.69, 9.17) is 15.1 Å². The third-order valence-corrected chi connectivity index (χ3v) is 2.81. The molecule has 0 spiro atoms. The maximum atomic E-state index is 11.1. The topological polar surface area (TPSA) is 83.2 Å². The van der Waals surface area contributed by atoms with Gasteiger partial charge in [0.1, 0.15) is 5.75 Å². The van der Waals surface area contributed by atoms with Crippen LogP contribution >= 0.6 is 0 Å². The van der Waals surface area contributed by atoms with Gasteiger partial charge in [-0.05, 0) is 36.8 Å². The molecule has 0 saturated carbocycles. The molecule has 0 aliphatic rings. The number of aromatic nitrogens is 1. The van der Waals surface area contributed by atoms with Crippen LogP contribution in [0.5, 0.6) is 11.6 Å². The molecule has 1 aromatic heterocycles. The van der Waals surface area contributed by atoms with E-state index >= 15 is 0 Å². The number of carbonyl (C=O) groups is 1. The van der Waals surface area contributed by atoms with Gasteiger partial charge in [-0.1, -0.05) is 13.3 Å². The van der Waals surface area contributed by atoms with Crippen LogP contribution in [0, 0.1) is 11.3 Å². The van der Waals surface area contributed by atoms with Gasteiger partial charge in [0.05, 0.1) is 17.2 Å². The Balaban J connectivity index is 2.29. The second kappa shape index (κ2) is 6.53. The van der Waals surface area contributed by atoms with Crippen molar-refractivity contribution in [1.29, 1.82) is 5.26 Å². The number of benzene rings is 1. The van der Waals surface area contributed by atoms with E-state index in [9.17, 15) is 4.79 Å². The molecule has 1 heterocycles. The Labute approximate surface area is 122 Å². The third-order valence-electron chi connectivity index (χ3n) is 2.81. The largest absolute Gasteiger partial charge is 0.478 e. The molecule has 0 radical (unpaired) electrons. The second-order valence-corrected chi connectivity index (χ2v) is 4.48. The Morgan fingerprint density at radius 3 is 2.62 bits per heavy atom. The van der Waals surface area contributed by atoms with Gasteiger partial charge in [-0.25, -0.2) is 9.78 Å². The van der Waals surface area contributed by atoms with E-state index in [1.807, 2.05) is 13.0 Å². The van der Waals surface area contributed by atoms with E-state index in [2.05, 4.69) is 4.98 Å². The predicted molar refractivity (Wildman–Crippen MR) is 76.4 cm³/mol. The number of nitriles is 1. The van der Waals surface area contributed by atoms with Gasteiger partial charge in [0.25, 0.3) is 0 Å². The predicted octanol–water partition coefficient (Wildman–Crippen LogP) is 3.40. The Kier molecular flexibility index (Phi) is 4.52. The van der Waals surface area contributed by atoms with Crippen LogP contribution in [0.2, 0.25) is 0 Å². The first-order valence-electron chi connectivity index (χ1n) is 6.54. The lowest BCUT2D eigenvalue weighted by molar-refractivity contribution is 0.0696. The molecule has 1 N–H and O–H groups in total.